The van der Waals surface area contributed by atoms with Gasteiger partial charge in [-0.15, -0.1) is 0 Å². The van der Waals surface area contributed by atoms with Crippen LogP contribution in [0.25, 0.3) is 0 Å². The Hall–Kier alpha value is -1.39. The van der Waals surface area contributed by atoms with Gasteiger partial charge in [0.15, 0.2) is 0 Å². The first-order valence-electron chi connectivity index (χ1n) is 15.5. The van der Waals surface area contributed by atoms with E-state index in [-0.39, 0.29) is 56.9 Å². The molecule has 0 bridgehead atoms. The number of rotatable bonds is 5. The fraction of sp³-hybridized carbons (Fsp3) is 0.800. The molecule has 0 amide bonds. The maximum absolute atomic E-state index is 14.6. The lowest BCUT2D eigenvalue weighted by Crippen LogP contribution is -2.69. The van der Waals surface area contributed by atoms with Crippen LogP contribution in [0.2, 0.25) is 0 Å². The molecule has 0 aromatic carbocycles. The van der Waals surface area contributed by atoms with Crippen LogP contribution in [0.1, 0.15) is 106 Å². The second-order valence-corrected chi connectivity index (χ2v) is 16.3. The minimum atomic E-state index is -0.752. The Morgan fingerprint density at radius 1 is 0.974 bits per heavy atom. The zero-order chi connectivity index (χ0) is 28.8. The average Bonchev–Trinajstić information content (AvgIpc) is 2.86. The number of fused-ring (bicyclic) bond motifs is 7. The Morgan fingerprint density at radius 3 is 2.26 bits per heavy atom. The molecule has 0 aromatic rings. The van der Waals surface area contributed by atoms with Gasteiger partial charge in [-0.2, -0.15) is 0 Å². The summed E-state index contributed by atoms with van der Waals surface area (Å²) in [5, 5.41) is 21.5. The van der Waals surface area contributed by atoms with Crippen LogP contribution in [0.15, 0.2) is 36.8 Å². The summed E-state index contributed by atoms with van der Waals surface area (Å²) in [6.07, 6.45) is 11.2. The first-order valence-corrected chi connectivity index (χ1v) is 15.5. The van der Waals surface area contributed by atoms with E-state index in [1.54, 1.807) is 6.26 Å². The first-order chi connectivity index (χ1) is 18.1. The SMILES string of the molecule is C=COC1=C(C=C)CC2(C)[C@H]3CC(=O)C4C5CC(C)(C)CCC5(C(O)CO)CC[C@@]4(C)C3(C)CC[C@H]2C1(C)C. The molecule has 2 N–H and O–H groups in total. The molecule has 0 aliphatic heterocycles. The Bertz CT molecular complexity index is 1080. The fourth-order valence-electron chi connectivity index (χ4n) is 11.9. The van der Waals surface area contributed by atoms with Gasteiger partial charge in [-0.1, -0.05) is 67.7 Å². The number of hydrogen-bond acceptors (Lipinski definition) is 4. The topological polar surface area (TPSA) is 66.8 Å². The predicted molar refractivity (Wildman–Crippen MR) is 156 cm³/mol. The molecule has 4 fully saturated rings. The molecule has 4 heteroatoms. The summed E-state index contributed by atoms with van der Waals surface area (Å²) in [6, 6.07) is 0. The highest BCUT2D eigenvalue weighted by atomic mass is 16.5. The number of ether oxygens (including phenoxy) is 1. The van der Waals surface area contributed by atoms with Gasteiger partial charge < -0.3 is 14.9 Å². The van der Waals surface area contributed by atoms with E-state index in [0.717, 1.165) is 62.7 Å². The van der Waals surface area contributed by atoms with E-state index >= 15 is 0 Å². The van der Waals surface area contributed by atoms with Crippen LogP contribution in [0.4, 0.5) is 0 Å². The van der Waals surface area contributed by atoms with Crippen LogP contribution in [0, 0.1) is 56.2 Å². The molecule has 6 unspecified atom stereocenters. The molecule has 4 saturated carbocycles. The Balaban J connectivity index is 1.61. The highest BCUT2D eigenvalue weighted by Crippen LogP contribution is 2.77. The molecule has 0 radical (unpaired) electrons. The Labute approximate surface area is 237 Å². The summed E-state index contributed by atoms with van der Waals surface area (Å²) in [6.45, 7) is 24.5. The molecular weight excluding hydrogens is 484 g/mol. The Kier molecular flexibility index (Phi) is 6.76. The second-order valence-electron chi connectivity index (χ2n) is 16.3. The van der Waals surface area contributed by atoms with Gasteiger partial charge in [0.05, 0.1) is 19.0 Å². The number of Topliss-reactive ketones (excluding diaryl/α,β-unsaturated/α-hetero) is 1. The minimum Gasteiger partial charge on any atom is -0.469 e. The summed E-state index contributed by atoms with van der Waals surface area (Å²) in [7, 11) is 0. The Morgan fingerprint density at radius 2 is 1.64 bits per heavy atom. The van der Waals surface area contributed by atoms with Crippen LogP contribution in [-0.4, -0.2) is 28.7 Å². The van der Waals surface area contributed by atoms with Crippen molar-refractivity contribution in [3.05, 3.63) is 36.8 Å². The maximum Gasteiger partial charge on any atom is 0.137 e. The van der Waals surface area contributed by atoms with Crippen molar-refractivity contribution in [2.45, 2.75) is 112 Å². The summed E-state index contributed by atoms with van der Waals surface area (Å²) < 4.78 is 6.07. The van der Waals surface area contributed by atoms with Crippen LogP contribution in [0.3, 0.4) is 0 Å². The van der Waals surface area contributed by atoms with Crippen molar-refractivity contribution in [3.63, 3.8) is 0 Å². The van der Waals surface area contributed by atoms with Gasteiger partial charge >= 0.3 is 0 Å². The minimum absolute atomic E-state index is 0.0217. The molecule has 0 aromatic heterocycles. The lowest BCUT2D eigenvalue weighted by atomic mass is 9.31. The number of aliphatic hydroxyl groups excluding tert-OH is 2. The molecular formula is C35H54O4. The maximum atomic E-state index is 14.6. The van der Waals surface area contributed by atoms with Gasteiger partial charge in [0.1, 0.15) is 11.5 Å². The van der Waals surface area contributed by atoms with Crippen molar-refractivity contribution in [2.75, 3.05) is 6.61 Å². The van der Waals surface area contributed by atoms with Gasteiger partial charge in [-0.05, 0) is 96.4 Å². The number of ketones is 1. The van der Waals surface area contributed by atoms with E-state index < -0.39 is 6.10 Å². The molecule has 0 saturated heterocycles. The molecule has 5 aliphatic carbocycles. The third-order valence-corrected chi connectivity index (χ3v) is 14.0. The van der Waals surface area contributed by atoms with Crippen molar-refractivity contribution in [1.82, 2.24) is 0 Å². The van der Waals surface area contributed by atoms with Crippen molar-refractivity contribution in [2.24, 2.45) is 56.2 Å². The first kappa shape index (κ1) is 29.1. The summed E-state index contributed by atoms with van der Waals surface area (Å²) in [5.41, 5.74) is 0.630. The van der Waals surface area contributed by atoms with Crippen LogP contribution in [0.5, 0.6) is 0 Å². The van der Waals surface area contributed by atoms with Gasteiger partial charge in [0.25, 0.3) is 0 Å². The number of carbonyl (C=O) groups excluding carboxylic acids is 1. The van der Waals surface area contributed by atoms with Gasteiger partial charge in [0.2, 0.25) is 0 Å². The molecule has 0 heterocycles. The molecule has 0 spiro atoms. The summed E-state index contributed by atoms with van der Waals surface area (Å²) in [4.78, 5) is 14.6. The largest absolute Gasteiger partial charge is 0.469 e. The predicted octanol–water partition coefficient (Wildman–Crippen LogP) is 7.61. The van der Waals surface area contributed by atoms with E-state index in [0.29, 0.717) is 18.1 Å². The quantitative estimate of drug-likeness (QED) is 0.354. The number of aliphatic hydroxyl groups is 2. The van der Waals surface area contributed by atoms with E-state index in [1.165, 1.54) is 0 Å². The monoisotopic (exact) mass is 538 g/mol. The van der Waals surface area contributed by atoms with E-state index in [2.05, 4.69) is 61.6 Å². The second kappa shape index (κ2) is 9.05. The van der Waals surface area contributed by atoms with Gasteiger partial charge in [-0.3, -0.25) is 4.79 Å². The molecule has 9 atom stereocenters. The third-order valence-electron chi connectivity index (χ3n) is 14.0. The lowest BCUT2D eigenvalue weighted by molar-refractivity contribution is -0.243. The standard InChI is InChI=1S/C35H54O4/c1-10-22-19-32(7)25(31(5,6)29(22)39-11-2)12-13-33(8)26(32)18-24(37)28-23-20-30(3,4)14-16-35(23,27(38)21-36)17-15-34(28,33)9/h10-11,23,25-28,36,38H,1-2,12-21H2,3-9H3/t23?,25-,26+,27?,28?,32?,33?,34+,35?/m0/s1. The van der Waals surface area contributed by atoms with Crippen molar-refractivity contribution in [1.29, 1.82) is 0 Å². The molecule has 5 aliphatic rings. The lowest BCUT2D eigenvalue weighted by Gasteiger charge is -2.73. The fourth-order valence-corrected chi connectivity index (χ4v) is 11.9. The molecule has 4 nitrogen and oxygen atoms in total. The zero-order valence-electron chi connectivity index (χ0n) is 25.7. The number of allylic oxidation sites excluding steroid dienone is 3. The highest BCUT2D eigenvalue weighted by Gasteiger charge is 2.72. The van der Waals surface area contributed by atoms with Gasteiger partial charge in [0, 0.05) is 23.2 Å². The van der Waals surface area contributed by atoms with Gasteiger partial charge in [-0.25, -0.2) is 0 Å². The normalized spacial score (nSPS) is 47.2. The van der Waals surface area contributed by atoms with Crippen LogP contribution >= 0.6 is 0 Å². The van der Waals surface area contributed by atoms with E-state index in [9.17, 15) is 15.0 Å². The number of hydrogen-bond donors (Lipinski definition) is 2. The molecule has 218 valence electrons. The molecule has 39 heavy (non-hydrogen) atoms. The molecule has 5 rings (SSSR count). The number of carbonyl (C=O) groups is 1. The van der Waals surface area contributed by atoms with E-state index in [4.69, 9.17) is 4.74 Å². The van der Waals surface area contributed by atoms with Crippen molar-refractivity contribution in [3.8, 4) is 0 Å². The van der Waals surface area contributed by atoms with Crippen LogP contribution in [-0.2, 0) is 9.53 Å². The average molecular weight is 539 g/mol. The summed E-state index contributed by atoms with van der Waals surface area (Å²) >= 11 is 0. The third kappa shape index (κ3) is 3.72. The van der Waals surface area contributed by atoms with E-state index in [1.807, 2.05) is 6.08 Å². The van der Waals surface area contributed by atoms with Crippen molar-refractivity contribution >= 4 is 5.78 Å². The zero-order valence-corrected chi connectivity index (χ0v) is 25.7. The highest BCUT2D eigenvalue weighted by molar-refractivity contribution is 5.84. The van der Waals surface area contributed by atoms with Crippen molar-refractivity contribution < 1.29 is 19.7 Å². The summed E-state index contributed by atoms with van der Waals surface area (Å²) in [5.74, 6) is 2.16. The smallest absolute Gasteiger partial charge is 0.137 e. The van der Waals surface area contributed by atoms with Crippen LogP contribution < -0.4 is 0 Å².